The van der Waals surface area contributed by atoms with Gasteiger partial charge in [0.2, 0.25) is 0 Å². The lowest BCUT2D eigenvalue weighted by atomic mass is 10.0. The van der Waals surface area contributed by atoms with Crippen LogP contribution in [-0.2, 0) is 69.9 Å². The van der Waals surface area contributed by atoms with E-state index in [9.17, 15) is 57.1 Å². The van der Waals surface area contributed by atoms with Crippen molar-refractivity contribution in [1.29, 1.82) is 0 Å². The van der Waals surface area contributed by atoms with Crippen molar-refractivity contribution in [2.45, 2.75) is 181 Å². The second kappa shape index (κ2) is 47.0. The summed E-state index contributed by atoms with van der Waals surface area (Å²) in [6, 6.07) is 45.0. The summed E-state index contributed by atoms with van der Waals surface area (Å²) in [7, 11) is 0. The van der Waals surface area contributed by atoms with Gasteiger partial charge in [0, 0.05) is 30.6 Å². The minimum atomic E-state index is -4.61. The van der Waals surface area contributed by atoms with E-state index in [-0.39, 0.29) is 17.4 Å². The Balaban J connectivity index is 0.000000579. The molecule has 101 heavy (non-hydrogen) atoms. The van der Waals surface area contributed by atoms with E-state index in [1.54, 1.807) is 6.07 Å². The quantitative estimate of drug-likeness (QED) is 0.0846. The zero-order valence-corrected chi connectivity index (χ0v) is 65.4. The number of benzene rings is 8. The first-order valence-electron chi connectivity index (χ1n) is 33.7. The van der Waals surface area contributed by atoms with Crippen LogP contribution in [-0.4, -0.2) is 0 Å². The minimum absolute atomic E-state index is 0.125. The topological polar surface area (TPSA) is 0 Å². The molecule has 0 atom stereocenters. The molecule has 0 unspecified atom stereocenters. The summed E-state index contributed by atoms with van der Waals surface area (Å²) in [5.74, 6) is 1.13. The van der Waals surface area contributed by atoms with E-state index in [4.69, 9.17) is 46.4 Å². The van der Waals surface area contributed by atoms with Crippen molar-refractivity contribution >= 4 is 62.3 Å². The third-order valence-electron chi connectivity index (χ3n) is 13.7. The predicted octanol–water partition coefficient (Wildman–Crippen LogP) is 30.1. The van der Waals surface area contributed by atoms with E-state index in [2.05, 4.69) is 108 Å². The fourth-order valence-corrected chi connectivity index (χ4v) is 11.1. The van der Waals surface area contributed by atoms with Crippen molar-refractivity contribution in [2.75, 3.05) is 0 Å². The molecule has 0 fully saturated rings. The van der Waals surface area contributed by atoms with Gasteiger partial charge in [0.05, 0.1) is 16.7 Å². The largest absolute Gasteiger partial charge is 0.419 e. The molecule has 0 N–H and O–H groups in total. The summed E-state index contributed by atoms with van der Waals surface area (Å²) in [5.41, 5.74) is 4.71. The molecule has 0 bridgehead atoms. The van der Waals surface area contributed by atoms with Crippen LogP contribution >= 0.6 is 62.3 Å². The number of hydrogen-bond donors (Lipinski definition) is 0. The standard InChI is InChI=1S/2C11H12F4.C11H13F3.C10H13Br.C10H12Cl2.2C10H13Cl.C10H12F2/c1-7(2)5-8-6-9(11(13,14)15)3-4-10(8)12;1-7(2)5-8-3-4-10(12)9(6-8)11(13,14)15;1-8(2)6-9-4-3-5-10(7-9)11(12,13)14;1-8(2)6-9-4-3-5-10(11)7-9;1-7(2)5-8-6-9(11)3-4-10(8)12;1-8(2)6-9-4-3-5-10(11)7-9;1-8(2)7-9-5-3-4-6-10(9)11;1-7(2)3-8-4-9(11)6-10(12)5-8/h2*3-4,6-7H,5H2,1-2H3;3-5,7-8H,6H2,1-2H3;3-5,7-8H,6H2,1-2H3;3-4,6-7H,5H2,1-2H3;3-5,7-8H,6H2,1-2H3;3-6,8H,7H2,1-2H3;4-7H,3H2,1-2H3. The van der Waals surface area contributed by atoms with Crippen molar-refractivity contribution in [3.63, 3.8) is 0 Å². The first-order chi connectivity index (χ1) is 46.7. The summed E-state index contributed by atoms with van der Waals surface area (Å²) in [5, 5.41) is 3.30. The SMILES string of the molecule is CC(C)Cc1cc(C(F)(F)F)ccc1F.CC(C)Cc1cc(Cl)ccc1Cl.CC(C)Cc1cc(F)cc(F)c1.CC(C)Cc1ccc(F)c(C(F)(F)F)c1.CC(C)Cc1cccc(Br)c1.CC(C)Cc1cccc(C(F)(F)F)c1.CC(C)Cc1cccc(Cl)c1.CC(C)Cc1ccccc1Cl. The summed E-state index contributed by atoms with van der Waals surface area (Å²) in [6.07, 6.45) is -6.68. The monoisotopic (exact) mass is 1560 g/mol. The lowest BCUT2D eigenvalue weighted by Crippen LogP contribution is -2.09. The van der Waals surface area contributed by atoms with E-state index in [1.165, 1.54) is 57.9 Å². The molecule has 8 rings (SSSR count). The Morgan fingerprint density at radius 1 is 0.287 bits per heavy atom. The van der Waals surface area contributed by atoms with Gasteiger partial charge in [0.25, 0.3) is 0 Å². The van der Waals surface area contributed by atoms with Crippen molar-refractivity contribution in [3.05, 3.63) is 279 Å². The van der Waals surface area contributed by atoms with E-state index in [0.717, 1.165) is 104 Å². The van der Waals surface area contributed by atoms with Crippen LogP contribution in [0.1, 0.15) is 172 Å². The first-order valence-corrected chi connectivity index (χ1v) is 36.0. The molecule has 8 aromatic rings. The average molecular weight is 1570 g/mol. The molecule has 0 aliphatic rings. The Labute approximate surface area is 622 Å². The van der Waals surface area contributed by atoms with Gasteiger partial charge in [-0.2, -0.15) is 39.5 Å². The molecule has 0 saturated carbocycles. The Hall–Kier alpha value is -5.51. The molecular formula is C83H100BrCl4F13. The van der Waals surface area contributed by atoms with Gasteiger partial charge in [0.1, 0.15) is 23.3 Å². The summed E-state index contributed by atoms with van der Waals surface area (Å²) >= 11 is 27.1. The second-order valence-corrected chi connectivity index (χ2v) is 30.6. The van der Waals surface area contributed by atoms with E-state index >= 15 is 0 Å². The van der Waals surface area contributed by atoms with Crippen LogP contribution in [0.25, 0.3) is 0 Å². The van der Waals surface area contributed by atoms with Gasteiger partial charge in [-0.1, -0.05) is 240 Å². The fraction of sp³-hybridized carbons (Fsp3) is 0.422. The van der Waals surface area contributed by atoms with Gasteiger partial charge in [-0.25, -0.2) is 17.6 Å². The molecule has 0 saturated heterocycles. The highest BCUT2D eigenvalue weighted by atomic mass is 79.9. The number of alkyl halides is 9. The predicted molar refractivity (Wildman–Crippen MR) is 402 cm³/mol. The molecule has 0 amide bonds. The summed E-state index contributed by atoms with van der Waals surface area (Å²) in [4.78, 5) is 0. The Morgan fingerprint density at radius 3 is 1.13 bits per heavy atom. The zero-order chi connectivity index (χ0) is 77.1. The van der Waals surface area contributed by atoms with Crippen molar-refractivity contribution in [1.82, 2.24) is 0 Å². The third-order valence-corrected chi connectivity index (χ3v) is 15.4. The maximum atomic E-state index is 13.2. The van der Waals surface area contributed by atoms with Crippen molar-refractivity contribution < 1.29 is 57.1 Å². The highest BCUT2D eigenvalue weighted by Gasteiger charge is 2.34. The van der Waals surface area contributed by atoms with Crippen LogP contribution in [0.15, 0.2) is 174 Å². The molecular weight excluding hydrogens is 1470 g/mol. The lowest BCUT2D eigenvalue weighted by Gasteiger charge is -2.11. The lowest BCUT2D eigenvalue weighted by molar-refractivity contribution is -0.140. The van der Waals surface area contributed by atoms with E-state index in [0.29, 0.717) is 60.8 Å². The van der Waals surface area contributed by atoms with Crippen LogP contribution in [0.2, 0.25) is 20.1 Å². The van der Waals surface area contributed by atoms with Gasteiger partial charge >= 0.3 is 18.5 Å². The smallest absolute Gasteiger partial charge is 0.207 e. The number of hydrogen-bond acceptors (Lipinski definition) is 0. The summed E-state index contributed by atoms with van der Waals surface area (Å²) < 4.78 is 163. The fourth-order valence-electron chi connectivity index (χ4n) is 9.80. The molecule has 18 heteroatoms. The molecule has 8 aromatic carbocycles. The van der Waals surface area contributed by atoms with E-state index < -0.39 is 58.5 Å². The molecule has 558 valence electrons. The molecule has 0 spiro atoms. The van der Waals surface area contributed by atoms with Gasteiger partial charge < -0.3 is 0 Å². The molecule has 0 aromatic heterocycles. The maximum Gasteiger partial charge on any atom is 0.419 e. The van der Waals surface area contributed by atoms with Gasteiger partial charge in [-0.05, 0) is 240 Å². The highest BCUT2D eigenvalue weighted by Crippen LogP contribution is 2.34. The van der Waals surface area contributed by atoms with Crippen LogP contribution in [0.4, 0.5) is 57.1 Å². The molecule has 0 aliphatic heterocycles. The van der Waals surface area contributed by atoms with Crippen LogP contribution < -0.4 is 0 Å². The van der Waals surface area contributed by atoms with Crippen LogP contribution in [0, 0.1) is 70.6 Å². The molecule has 0 heterocycles. The Bertz CT molecular complexity index is 3560. The summed E-state index contributed by atoms with van der Waals surface area (Å²) in [6.45, 7) is 33.1. The molecule has 0 nitrogen and oxygen atoms in total. The zero-order valence-electron chi connectivity index (χ0n) is 60.7. The van der Waals surface area contributed by atoms with Crippen LogP contribution in [0.3, 0.4) is 0 Å². The molecule has 0 radical (unpaired) electrons. The van der Waals surface area contributed by atoms with Crippen molar-refractivity contribution in [2.24, 2.45) is 47.3 Å². The van der Waals surface area contributed by atoms with E-state index in [1.807, 2.05) is 110 Å². The highest BCUT2D eigenvalue weighted by molar-refractivity contribution is 9.10. The van der Waals surface area contributed by atoms with Crippen molar-refractivity contribution in [3.8, 4) is 0 Å². The van der Waals surface area contributed by atoms with Gasteiger partial charge in [-0.3, -0.25) is 0 Å². The molecule has 0 aliphatic carbocycles. The van der Waals surface area contributed by atoms with Crippen LogP contribution in [0.5, 0.6) is 0 Å². The minimum Gasteiger partial charge on any atom is -0.207 e. The first kappa shape index (κ1) is 93.5. The second-order valence-electron chi connectivity index (χ2n) is 28.0. The maximum absolute atomic E-state index is 13.2. The van der Waals surface area contributed by atoms with Gasteiger partial charge in [0.15, 0.2) is 0 Å². The van der Waals surface area contributed by atoms with Gasteiger partial charge in [-0.15, -0.1) is 0 Å². The third kappa shape index (κ3) is 43.4. The normalized spacial score (nSPS) is 11.3. The number of rotatable bonds is 16. The number of halogens is 18. The average Bonchev–Trinajstić information content (AvgIpc) is 0.838. The Kier molecular flexibility index (Phi) is 43.6. The Morgan fingerprint density at radius 2 is 0.673 bits per heavy atom.